The largest absolute Gasteiger partial charge is 0.464 e. The Balaban J connectivity index is 2.18. The van der Waals surface area contributed by atoms with Gasteiger partial charge in [0, 0.05) is 22.6 Å². The molecule has 1 saturated carbocycles. The summed E-state index contributed by atoms with van der Waals surface area (Å²) in [4.78, 5) is 0. The van der Waals surface area contributed by atoms with Crippen molar-refractivity contribution in [2.24, 2.45) is 5.73 Å². The minimum Gasteiger partial charge on any atom is -0.464 e. The zero-order chi connectivity index (χ0) is 11.2. The van der Waals surface area contributed by atoms with Gasteiger partial charge in [-0.1, -0.05) is 12.8 Å². The minimum atomic E-state index is -0.477. The van der Waals surface area contributed by atoms with Gasteiger partial charge in [-0.15, -0.1) is 0 Å². The third-order valence-electron chi connectivity index (χ3n) is 3.57. The molecule has 1 aliphatic carbocycles. The van der Waals surface area contributed by atoms with Gasteiger partial charge in [0.2, 0.25) is 0 Å². The smallest absolute Gasteiger partial charge is 0.136 e. The molecule has 0 unspecified atom stereocenters. The zero-order valence-corrected chi connectivity index (χ0v) is 9.00. The minimum absolute atomic E-state index is 0.244. The highest BCUT2D eigenvalue weighted by Gasteiger charge is 2.33. The second-order valence-electron chi connectivity index (χ2n) is 4.65. The Bertz CT molecular complexity index is 526. The third-order valence-corrected chi connectivity index (χ3v) is 3.57. The normalized spacial score (nSPS) is 19.4. The van der Waals surface area contributed by atoms with Crippen LogP contribution in [0.2, 0.25) is 0 Å². The lowest BCUT2D eigenvalue weighted by molar-refractivity contribution is 0.433. The Morgan fingerprint density at radius 2 is 2.00 bits per heavy atom. The molecule has 0 radical (unpaired) electrons. The number of halogens is 1. The Morgan fingerprint density at radius 3 is 2.75 bits per heavy atom. The van der Waals surface area contributed by atoms with Crippen LogP contribution in [0.5, 0.6) is 0 Å². The summed E-state index contributed by atoms with van der Waals surface area (Å²) in [5.74, 6) is -0.244. The maximum atomic E-state index is 14.0. The Labute approximate surface area is 93.2 Å². The van der Waals surface area contributed by atoms with E-state index < -0.39 is 5.54 Å². The van der Waals surface area contributed by atoms with Crippen LogP contribution in [0.25, 0.3) is 11.0 Å². The monoisotopic (exact) mass is 219 g/mol. The molecule has 1 aromatic carbocycles. The molecule has 2 aromatic rings. The van der Waals surface area contributed by atoms with E-state index >= 15 is 0 Å². The first-order valence-corrected chi connectivity index (χ1v) is 5.65. The van der Waals surface area contributed by atoms with E-state index in [1.54, 1.807) is 6.26 Å². The SMILES string of the molecule is NC1(c2cc3ccoc3cc2F)CCCC1. The first kappa shape index (κ1) is 9.85. The van der Waals surface area contributed by atoms with Gasteiger partial charge < -0.3 is 10.2 Å². The van der Waals surface area contributed by atoms with E-state index in [2.05, 4.69) is 0 Å². The van der Waals surface area contributed by atoms with Crippen LogP contribution < -0.4 is 5.73 Å². The summed E-state index contributed by atoms with van der Waals surface area (Å²) < 4.78 is 19.1. The molecule has 1 fully saturated rings. The second-order valence-corrected chi connectivity index (χ2v) is 4.65. The summed E-state index contributed by atoms with van der Waals surface area (Å²) in [5.41, 5.74) is 7.02. The van der Waals surface area contributed by atoms with Crippen LogP contribution in [0, 0.1) is 5.82 Å². The summed E-state index contributed by atoms with van der Waals surface area (Å²) in [7, 11) is 0. The second kappa shape index (κ2) is 3.32. The summed E-state index contributed by atoms with van der Waals surface area (Å²) in [6.45, 7) is 0. The average molecular weight is 219 g/mol. The van der Waals surface area contributed by atoms with Crippen LogP contribution in [0.1, 0.15) is 31.2 Å². The summed E-state index contributed by atoms with van der Waals surface area (Å²) in [6.07, 6.45) is 5.48. The molecule has 0 saturated heterocycles. The maximum absolute atomic E-state index is 14.0. The van der Waals surface area contributed by atoms with E-state index in [-0.39, 0.29) is 5.82 Å². The lowest BCUT2D eigenvalue weighted by atomic mass is 9.88. The Hall–Kier alpha value is -1.35. The van der Waals surface area contributed by atoms with Crippen molar-refractivity contribution >= 4 is 11.0 Å². The summed E-state index contributed by atoms with van der Waals surface area (Å²) in [6, 6.07) is 5.12. The van der Waals surface area contributed by atoms with Crippen molar-refractivity contribution in [2.75, 3.05) is 0 Å². The fourth-order valence-corrected chi connectivity index (χ4v) is 2.64. The molecule has 0 aliphatic heterocycles. The van der Waals surface area contributed by atoms with Gasteiger partial charge >= 0.3 is 0 Å². The van der Waals surface area contributed by atoms with E-state index in [9.17, 15) is 4.39 Å². The molecule has 1 heterocycles. The number of fused-ring (bicyclic) bond motifs is 1. The molecular formula is C13H14FNO. The molecule has 0 bridgehead atoms. The first-order chi connectivity index (χ1) is 7.69. The van der Waals surface area contributed by atoms with Gasteiger partial charge in [0.25, 0.3) is 0 Å². The van der Waals surface area contributed by atoms with Gasteiger partial charge in [-0.3, -0.25) is 0 Å². The highest BCUT2D eigenvalue weighted by Crippen LogP contribution is 2.38. The molecule has 1 aromatic heterocycles. The van der Waals surface area contributed by atoms with Gasteiger partial charge in [-0.25, -0.2) is 4.39 Å². The van der Waals surface area contributed by atoms with Gasteiger partial charge in [0.15, 0.2) is 0 Å². The van der Waals surface area contributed by atoms with Gasteiger partial charge in [0.05, 0.1) is 6.26 Å². The molecule has 2 N–H and O–H groups in total. The molecule has 84 valence electrons. The summed E-state index contributed by atoms with van der Waals surface area (Å²) >= 11 is 0. The van der Waals surface area contributed by atoms with Crippen molar-refractivity contribution in [3.8, 4) is 0 Å². The Morgan fingerprint density at radius 1 is 1.25 bits per heavy atom. The predicted molar refractivity (Wildman–Crippen MR) is 60.5 cm³/mol. The van der Waals surface area contributed by atoms with Crippen LogP contribution in [0.15, 0.2) is 28.9 Å². The van der Waals surface area contributed by atoms with Crippen LogP contribution in [0.3, 0.4) is 0 Å². The van der Waals surface area contributed by atoms with Gasteiger partial charge in [-0.05, 0) is 25.0 Å². The molecule has 0 spiro atoms. The highest BCUT2D eigenvalue weighted by atomic mass is 19.1. The molecule has 0 atom stereocenters. The molecule has 3 rings (SSSR count). The molecule has 1 aliphatic rings. The van der Waals surface area contributed by atoms with Crippen LogP contribution >= 0.6 is 0 Å². The fourth-order valence-electron chi connectivity index (χ4n) is 2.64. The predicted octanol–water partition coefficient (Wildman–Crippen LogP) is 3.30. The van der Waals surface area contributed by atoms with Crippen molar-refractivity contribution < 1.29 is 8.81 Å². The summed E-state index contributed by atoms with van der Waals surface area (Å²) in [5, 5.41) is 0.924. The van der Waals surface area contributed by atoms with Crippen molar-refractivity contribution in [3.63, 3.8) is 0 Å². The van der Waals surface area contributed by atoms with Crippen molar-refractivity contribution in [3.05, 3.63) is 35.8 Å². The standard InChI is InChI=1S/C13H14FNO/c14-11-8-12-9(3-6-16-12)7-10(11)13(15)4-1-2-5-13/h3,6-8H,1-2,4-5,15H2. The molecule has 2 nitrogen and oxygen atoms in total. The average Bonchev–Trinajstić information content (AvgIpc) is 2.85. The number of furan rings is 1. The van der Waals surface area contributed by atoms with Crippen LogP contribution in [-0.2, 0) is 5.54 Å². The molecule has 16 heavy (non-hydrogen) atoms. The number of hydrogen-bond acceptors (Lipinski definition) is 2. The van der Waals surface area contributed by atoms with E-state index in [0.717, 1.165) is 31.1 Å². The zero-order valence-electron chi connectivity index (χ0n) is 9.00. The van der Waals surface area contributed by atoms with Crippen molar-refractivity contribution in [2.45, 2.75) is 31.2 Å². The topological polar surface area (TPSA) is 39.2 Å². The van der Waals surface area contributed by atoms with E-state index in [1.807, 2.05) is 12.1 Å². The lowest BCUT2D eigenvalue weighted by Gasteiger charge is -2.24. The lowest BCUT2D eigenvalue weighted by Crippen LogP contribution is -2.34. The van der Waals surface area contributed by atoms with Crippen molar-refractivity contribution in [1.29, 1.82) is 0 Å². The van der Waals surface area contributed by atoms with Crippen molar-refractivity contribution in [1.82, 2.24) is 0 Å². The molecular weight excluding hydrogens is 205 g/mol. The Kier molecular flexibility index (Phi) is 2.04. The van der Waals surface area contributed by atoms with E-state index in [4.69, 9.17) is 10.2 Å². The first-order valence-electron chi connectivity index (χ1n) is 5.65. The quantitative estimate of drug-likeness (QED) is 0.799. The third kappa shape index (κ3) is 1.35. The number of rotatable bonds is 1. The van der Waals surface area contributed by atoms with Gasteiger partial charge in [0.1, 0.15) is 11.4 Å². The number of nitrogens with two attached hydrogens (primary N) is 1. The number of benzene rings is 1. The van der Waals surface area contributed by atoms with Crippen LogP contribution in [0.4, 0.5) is 4.39 Å². The maximum Gasteiger partial charge on any atom is 0.136 e. The molecule has 3 heteroatoms. The van der Waals surface area contributed by atoms with Gasteiger partial charge in [-0.2, -0.15) is 0 Å². The molecule has 0 amide bonds. The van der Waals surface area contributed by atoms with Crippen LogP contribution in [-0.4, -0.2) is 0 Å². The number of hydrogen-bond donors (Lipinski definition) is 1. The fraction of sp³-hybridized carbons (Fsp3) is 0.385. The highest BCUT2D eigenvalue weighted by molar-refractivity contribution is 5.78. The van der Waals surface area contributed by atoms with E-state index in [0.29, 0.717) is 11.1 Å². The van der Waals surface area contributed by atoms with E-state index in [1.165, 1.54) is 6.07 Å².